The Labute approximate surface area is 79.3 Å². The summed E-state index contributed by atoms with van der Waals surface area (Å²) < 4.78 is 0. The second kappa shape index (κ2) is 2.17. The van der Waals surface area contributed by atoms with Crippen molar-refractivity contribution in [1.82, 2.24) is 5.01 Å². The van der Waals surface area contributed by atoms with Gasteiger partial charge in [-0.05, 0) is 37.2 Å². The standard InChI is InChI=1S/C11H16N2/c1-3-10-9-7-11(13(2)12-10)5-4-8(9)6-11/h7-8H,3-6H2,1-2H3. The van der Waals surface area contributed by atoms with Gasteiger partial charge in [0.15, 0.2) is 0 Å². The molecule has 0 aromatic heterocycles. The van der Waals surface area contributed by atoms with Crippen molar-refractivity contribution in [2.75, 3.05) is 7.05 Å². The van der Waals surface area contributed by atoms with Crippen LogP contribution in [-0.4, -0.2) is 23.3 Å². The van der Waals surface area contributed by atoms with Crippen LogP contribution in [0.25, 0.3) is 0 Å². The molecule has 2 atom stereocenters. The SMILES string of the molecule is CCC1=NN(C)C23C=C1C(CC2)C3. The maximum absolute atomic E-state index is 4.68. The van der Waals surface area contributed by atoms with Crippen LogP contribution < -0.4 is 0 Å². The molecule has 0 amide bonds. The van der Waals surface area contributed by atoms with Gasteiger partial charge in [0, 0.05) is 7.05 Å². The van der Waals surface area contributed by atoms with Crippen molar-refractivity contribution in [1.29, 1.82) is 0 Å². The third-order valence-corrected chi connectivity index (χ3v) is 3.97. The van der Waals surface area contributed by atoms with Gasteiger partial charge in [-0.3, -0.25) is 5.01 Å². The number of hydrogen-bond donors (Lipinski definition) is 0. The fourth-order valence-electron chi connectivity index (χ4n) is 3.18. The van der Waals surface area contributed by atoms with E-state index in [-0.39, 0.29) is 0 Å². The van der Waals surface area contributed by atoms with Gasteiger partial charge in [0.05, 0.1) is 11.3 Å². The lowest BCUT2D eigenvalue weighted by molar-refractivity contribution is 0.182. The second-order valence-electron chi connectivity index (χ2n) is 4.57. The summed E-state index contributed by atoms with van der Waals surface area (Å²) in [4.78, 5) is 0. The van der Waals surface area contributed by atoms with Crippen molar-refractivity contribution in [3.63, 3.8) is 0 Å². The highest BCUT2D eigenvalue weighted by molar-refractivity contribution is 6.02. The fraction of sp³-hybridized carbons (Fsp3) is 0.727. The summed E-state index contributed by atoms with van der Waals surface area (Å²) in [5, 5.41) is 6.89. The summed E-state index contributed by atoms with van der Waals surface area (Å²) >= 11 is 0. The molecule has 70 valence electrons. The molecule has 1 heterocycles. The molecule has 3 bridgehead atoms. The molecule has 0 aromatic rings. The van der Waals surface area contributed by atoms with Crippen molar-refractivity contribution in [2.45, 2.75) is 38.1 Å². The first-order chi connectivity index (χ1) is 6.25. The topological polar surface area (TPSA) is 15.6 Å². The number of rotatable bonds is 1. The molecule has 0 saturated heterocycles. The molecule has 0 aromatic carbocycles. The zero-order valence-electron chi connectivity index (χ0n) is 8.38. The van der Waals surface area contributed by atoms with Gasteiger partial charge >= 0.3 is 0 Å². The maximum Gasteiger partial charge on any atom is 0.0767 e. The molecule has 1 saturated carbocycles. The zero-order chi connectivity index (χ0) is 9.05. The molecule has 1 spiro atoms. The molecule has 1 fully saturated rings. The summed E-state index contributed by atoms with van der Waals surface area (Å²) in [5.74, 6) is 0.837. The van der Waals surface area contributed by atoms with Gasteiger partial charge in [-0.2, -0.15) is 5.10 Å². The summed E-state index contributed by atoms with van der Waals surface area (Å²) in [6.45, 7) is 2.21. The molecule has 2 heteroatoms. The van der Waals surface area contributed by atoms with E-state index in [4.69, 9.17) is 0 Å². The number of allylic oxidation sites excluding steroid dienone is 1. The number of hydrogen-bond acceptors (Lipinski definition) is 2. The van der Waals surface area contributed by atoms with Crippen LogP contribution in [0, 0.1) is 5.92 Å². The Hall–Kier alpha value is -0.790. The highest BCUT2D eigenvalue weighted by atomic mass is 15.5. The lowest BCUT2D eigenvalue weighted by Crippen LogP contribution is -2.40. The van der Waals surface area contributed by atoms with Crippen molar-refractivity contribution in [3.8, 4) is 0 Å². The molecule has 0 N–H and O–H groups in total. The van der Waals surface area contributed by atoms with Crippen molar-refractivity contribution in [2.24, 2.45) is 11.0 Å². The van der Waals surface area contributed by atoms with Crippen LogP contribution >= 0.6 is 0 Å². The van der Waals surface area contributed by atoms with Gasteiger partial charge in [-0.15, -0.1) is 0 Å². The summed E-state index contributed by atoms with van der Waals surface area (Å²) in [6.07, 6.45) is 7.61. The van der Waals surface area contributed by atoms with E-state index in [1.165, 1.54) is 25.0 Å². The van der Waals surface area contributed by atoms with E-state index in [1.807, 2.05) is 0 Å². The highest BCUT2D eigenvalue weighted by Gasteiger charge is 2.50. The third-order valence-electron chi connectivity index (χ3n) is 3.97. The Morgan fingerprint density at radius 3 is 3.31 bits per heavy atom. The average molecular weight is 176 g/mol. The molecular weight excluding hydrogens is 160 g/mol. The molecular formula is C11H16N2. The minimum Gasteiger partial charge on any atom is -0.290 e. The fourth-order valence-corrected chi connectivity index (χ4v) is 3.18. The van der Waals surface area contributed by atoms with E-state index >= 15 is 0 Å². The molecule has 0 radical (unpaired) electrons. The van der Waals surface area contributed by atoms with Crippen LogP contribution in [-0.2, 0) is 0 Å². The molecule has 2 aliphatic carbocycles. The van der Waals surface area contributed by atoms with Gasteiger partial charge < -0.3 is 0 Å². The van der Waals surface area contributed by atoms with E-state index in [1.54, 1.807) is 5.57 Å². The first-order valence-corrected chi connectivity index (χ1v) is 5.29. The summed E-state index contributed by atoms with van der Waals surface area (Å²) in [7, 11) is 2.14. The van der Waals surface area contributed by atoms with Crippen LogP contribution in [0.3, 0.4) is 0 Å². The first kappa shape index (κ1) is 7.60. The predicted molar refractivity (Wildman–Crippen MR) is 53.6 cm³/mol. The Bertz CT molecular complexity index is 316. The Balaban J connectivity index is 2.09. The van der Waals surface area contributed by atoms with E-state index in [0.29, 0.717) is 5.54 Å². The summed E-state index contributed by atoms with van der Waals surface area (Å²) in [5.41, 5.74) is 3.24. The van der Waals surface area contributed by atoms with Crippen LogP contribution in [0.5, 0.6) is 0 Å². The number of likely N-dealkylation sites (N-methyl/N-ethyl adjacent to an activating group) is 1. The molecule has 3 rings (SSSR count). The normalized spacial score (nSPS) is 40.8. The van der Waals surface area contributed by atoms with Crippen LogP contribution in [0.1, 0.15) is 32.6 Å². The molecule has 2 nitrogen and oxygen atoms in total. The second-order valence-corrected chi connectivity index (χ2v) is 4.57. The predicted octanol–water partition coefficient (Wildman–Crippen LogP) is 2.18. The molecule has 3 aliphatic rings. The van der Waals surface area contributed by atoms with Gasteiger partial charge in [-0.25, -0.2) is 0 Å². The van der Waals surface area contributed by atoms with Crippen molar-refractivity contribution < 1.29 is 0 Å². The third kappa shape index (κ3) is 0.767. The van der Waals surface area contributed by atoms with Gasteiger partial charge in [0.1, 0.15) is 0 Å². The Morgan fingerprint density at radius 2 is 2.54 bits per heavy atom. The number of hydrazone groups is 1. The van der Waals surface area contributed by atoms with E-state index in [0.717, 1.165) is 12.3 Å². The summed E-state index contributed by atoms with van der Waals surface area (Å²) in [6, 6.07) is 0. The van der Waals surface area contributed by atoms with E-state index in [2.05, 4.69) is 30.2 Å². The van der Waals surface area contributed by atoms with Gasteiger partial charge in [-0.1, -0.05) is 13.0 Å². The maximum atomic E-state index is 4.68. The Kier molecular flexibility index (Phi) is 1.27. The number of nitrogens with zero attached hydrogens (tertiary/aromatic N) is 2. The van der Waals surface area contributed by atoms with Crippen LogP contribution in [0.2, 0.25) is 0 Å². The quantitative estimate of drug-likeness (QED) is 0.598. The van der Waals surface area contributed by atoms with Gasteiger partial charge in [0.2, 0.25) is 0 Å². The lowest BCUT2D eigenvalue weighted by Gasteiger charge is -2.36. The average Bonchev–Trinajstić information content (AvgIpc) is 2.68. The molecule has 2 unspecified atom stereocenters. The first-order valence-electron chi connectivity index (χ1n) is 5.29. The lowest BCUT2D eigenvalue weighted by atomic mass is 9.90. The van der Waals surface area contributed by atoms with Gasteiger partial charge in [0.25, 0.3) is 0 Å². The Morgan fingerprint density at radius 1 is 1.69 bits per heavy atom. The van der Waals surface area contributed by atoms with Crippen molar-refractivity contribution >= 4 is 5.71 Å². The van der Waals surface area contributed by atoms with Crippen LogP contribution in [0.15, 0.2) is 16.8 Å². The number of fused-ring (bicyclic) bond motifs is 2. The smallest absolute Gasteiger partial charge is 0.0767 e. The zero-order valence-corrected chi connectivity index (χ0v) is 8.38. The highest BCUT2D eigenvalue weighted by Crippen LogP contribution is 2.52. The monoisotopic (exact) mass is 176 g/mol. The minimum absolute atomic E-state index is 0.332. The van der Waals surface area contributed by atoms with E-state index < -0.39 is 0 Å². The molecule has 13 heavy (non-hydrogen) atoms. The minimum atomic E-state index is 0.332. The van der Waals surface area contributed by atoms with E-state index in [9.17, 15) is 0 Å². The molecule has 1 aliphatic heterocycles. The van der Waals surface area contributed by atoms with Crippen molar-refractivity contribution in [3.05, 3.63) is 11.6 Å². The largest absolute Gasteiger partial charge is 0.290 e. The van der Waals surface area contributed by atoms with Crippen LogP contribution in [0.4, 0.5) is 0 Å².